The molecule has 0 unspecified atom stereocenters. The molecule has 0 saturated carbocycles. The fourth-order valence-corrected chi connectivity index (χ4v) is 4.61. The van der Waals surface area contributed by atoms with Crippen LogP contribution in [0.15, 0.2) is 83.9 Å². The van der Waals surface area contributed by atoms with Crippen molar-refractivity contribution in [3.63, 3.8) is 0 Å². The predicted molar refractivity (Wildman–Crippen MR) is 122 cm³/mol. The van der Waals surface area contributed by atoms with Gasteiger partial charge in [-0.2, -0.15) is 0 Å². The number of hydrogen-bond donors (Lipinski definition) is 1. The van der Waals surface area contributed by atoms with Crippen LogP contribution in [0.25, 0.3) is 0 Å². The second kappa shape index (κ2) is 7.36. The molecule has 2 aliphatic rings. The highest BCUT2D eigenvalue weighted by atomic mass is 15.0. The van der Waals surface area contributed by atoms with E-state index in [1.165, 1.54) is 27.9 Å². The number of hydrogen-bond acceptors (Lipinski definition) is 2. The Balaban J connectivity index is 1.38. The van der Waals surface area contributed by atoms with Gasteiger partial charge in [-0.3, -0.25) is 4.99 Å². The lowest BCUT2D eigenvalue weighted by Gasteiger charge is -2.37. The summed E-state index contributed by atoms with van der Waals surface area (Å²) in [7, 11) is 0. The second-order valence-corrected chi connectivity index (χ2v) is 8.33. The van der Waals surface area contributed by atoms with Crippen LogP contribution in [0.5, 0.6) is 0 Å². The highest BCUT2D eigenvalue weighted by Crippen LogP contribution is 2.49. The maximum atomic E-state index is 4.65. The smallest absolute Gasteiger partial charge is 0.0630 e. The molecule has 0 radical (unpaired) electrons. The fourth-order valence-electron chi connectivity index (χ4n) is 4.61. The van der Waals surface area contributed by atoms with Crippen molar-refractivity contribution in [1.29, 1.82) is 0 Å². The molecule has 3 aromatic carbocycles. The van der Waals surface area contributed by atoms with Crippen molar-refractivity contribution in [3.05, 3.63) is 107 Å². The molecular formula is C27H26N2. The van der Waals surface area contributed by atoms with Gasteiger partial charge in [-0.15, -0.1) is 0 Å². The van der Waals surface area contributed by atoms with Crippen molar-refractivity contribution >= 4 is 17.6 Å². The van der Waals surface area contributed by atoms with E-state index in [0.717, 1.165) is 17.7 Å². The lowest BCUT2D eigenvalue weighted by Crippen LogP contribution is -2.29. The Morgan fingerprint density at radius 3 is 2.45 bits per heavy atom. The van der Waals surface area contributed by atoms with Crippen LogP contribution in [0.4, 0.5) is 11.4 Å². The van der Waals surface area contributed by atoms with Crippen molar-refractivity contribution in [2.24, 2.45) is 10.9 Å². The van der Waals surface area contributed by atoms with E-state index < -0.39 is 0 Å². The fraction of sp³-hybridized carbons (Fsp3) is 0.222. The first-order valence-corrected chi connectivity index (χ1v) is 10.4. The summed E-state index contributed by atoms with van der Waals surface area (Å²) in [5.41, 5.74) is 8.77. The molecule has 29 heavy (non-hydrogen) atoms. The average Bonchev–Trinajstić information content (AvgIpc) is 3.24. The lowest BCUT2D eigenvalue weighted by molar-refractivity contribution is 0.425. The van der Waals surface area contributed by atoms with Gasteiger partial charge < -0.3 is 5.32 Å². The van der Waals surface area contributed by atoms with Crippen LogP contribution in [0.2, 0.25) is 0 Å². The van der Waals surface area contributed by atoms with Crippen LogP contribution in [-0.4, -0.2) is 6.21 Å². The topological polar surface area (TPSA) is 24.4 Å². The molecule has 144 valence electrons. The largest absolute Gasteiger partial charge is 0.378 e. The van der Waals surface area contributed by atoms with E-state index in [9.17, 15) is 0 Å². The molecule has 2 nitrogen and oxygen atoms in total. The highest BCUT2D eigenvalue weighted by molar-refractivity contribution is 5.81. The molecule has 2 heteroatoms. The Kier molecular flexibility index (Phi) is 4.55. The number of allylic oxidation sites excluding steroid dienone is 2. The van der Waals surface area contributed by atoms with E-state index in [4.69, 9.17) is 0 Å². The van der Waals surface area contributed by atoms with Crippen molar-refractivity contribution in [2.45, 2.75) is 32.2 Å². The number of nitrogens with one attached hydrogen (secondary N) is 1. The maximum Gasteiger partial charge on any atom is 0.0630 e. The van der Waals surface area contributed by atoms with Crippen LogP contribution < -0.4 is 5.32 Å². The standard InChI is InChI=1S/C27H26N2/c1-18-6-9-20(10-7-18)17-28-22-13-11-21(12-14-22)27-24-5-3-4-23(24)25-16-19(2)8-15-26(25)29-27/h3-4,6-17,23-24,27,29H,5H2,1-2H3/t23-,24+,27-/m0/s1. The molecule has 5 rings (SSSR count). The van der Waals surface area contributed by atoms with Gasteiger partial charge in [0.05, 0.1) is 11.7 Å². The number of aliphatic imine (C=N–C) groups is 1. The number of anilines is 1. The number of aryl methyl sites for hydroxylation is 2. The van der Waals surface area contributed by atoms with E-state index in [1.54, 1.807) is 0 Å². The third kappa shape index (κ3) is 3.51. The van der Waals surface area contributed by atoms with Gasteiger partial charge in [-0.1, -0.05) is 71.8 Å². The van der Waals surface area contributed by atoms with E-state index in [1.807, 2.05) is 6.21 Å². The summed E-state index contributed by atoms with van der Waals surface area (Å²) in [6.45, 7) is 4.28. The molecule has 0 fully saturated rings. The van der Waals surface area contributed by atoms with E-state index in [-0.39, 0.29) is 0 Å². The monoisotopic (exact) mass is 378 g/mol. The lowest BCUT2D eigenvalue weighted by atomic mass is 9.76. The Labute approximate surface area is 173 Å². The molecule has 0 saturated heterocycles. The van der Waals surface area contributed by atoms with E-state index in [2.05, 4.69) is 103 Å². The summed E-state index contributed by atoms with van der Waals surface area (Å²) in [4.78, 5) is 4.65. The normalized spacial score (nSPS) is 22.3. The summed E-state index contributed by atoms with van der Waals surface area (Å²) in [5, 5.41) is 3.82. The highest BCUT2D eigenvalue weighted by Gasteiger charge is 2.37. The van der Waals surface area contributed by atoms with Gasteiger partial charge in [-0.25, -0.2) is 0 Å². The molecular weight excluding hydrogens is 352 g/mol. The Bertz CT molecular complexity index is 1070. The molecule has 3 aromatic rings. The average molecular weight is 379 g/mol. The zero-order valence-corrected chi connectivity index (χ0v) is 17.0. The third-order valence-electron chi connectivity index (χ3n) is 6.21. The minimum atomic E-state index is 0.334. The third-order valence-corrected chi connectivity index (χ3v) is 6.21. The summed E-state index contributed by atoms with van der Waals surface area (Å²) in [6.07, 6.45) is 7.81. The zero-order chi connectivity index (χ0) is 19.8. The molecule has 1 aliphatic heterocycles. The first-order chi connectivity index (χ1) is 14.2. The van der Waals surface area contributed by atoms with Gasteiger partial charge in [0, 0.05) is 17.8 Å². The molecule has 1 N–H and O–H groups in total. The van der Waals surface area contributed by atoms with Gasteiger partial charge in [0.2, 0.25) is 0 Å². The molecule has 1 heterocycles. The van der Waals surface area contributed by atoms with Gasteiger partial charge >= 0.3 is 0 Å². The van der Waals surface area contributed by atoms with Crippen molar-refractivity contribution in [3.8, 4) is 0 Å². The number of nitrogens with zero attached hydrogens (tertiary/aromatic N) is 1. The number of fused-ring (bicyclic) bond motifs is 3. The molecule has 0 amide bonds. The molecule has 0 bridgehead atoms. The molecule has 1 aliphatic carbocycles. The Morgan fingerprint density at radius 2 is 1.66 bits per heavy atom. The summed E-state index contributed by atoms with van der Waals surface area (Å²) in [6, 6.07) is 24.3. The maximum absolute atomic E-state index is 4.65. The van der Waals surface area contributed by atoms with E-state index >= 15 is 0 Å². The van der Waals surface area contributed by atoms with Crippen molar-refractivity contribution < 1.29 is 0 Å². The van der Waals surface area contributed by atoms with Crippen LogP contribution in [0.3, 0.4) is 0 Å². The second-order valence-electron chi connectivity index (χ2n) is 8.33. The minimum Gasteiger partial charge on any atom is -0.378 e. The first-order valence-electron chi connectivity index (χ1n) is 10.4. The molecule has 0 aromatic heterocycles. The van der Waals surface area contributed by atoms with Gasteiger partial charge in [0.15, 0.2) is 0 Å². The molecule has 3 atom stereocenters. The quantitative estimate of drug-likeness (QED) is 0.390. The number of benzene rings is 3. The van der Waals surface area contributed by atoms with Gasteiger partial charge in [0.25, 0.3) is 0 Å². The van der Waals surface area contributed by atoms with Gasteiger partial charge in [-0.05, 0) is 61.1 Å². The molecule has 0 spiro atoms. The Hall–Kier alpha value is -3.13. The van der Waals surface area contributed by atoms with E-state index in [0.29, 0.717) is 17.9 Å². The zero-order valence-electron chi connectivity index (χ0n) is 17.0. The van der Waals surface area contributed by atoms with Crippen LogP contribution in [-0.2, 0) is 0 Å². The van der Waals surface area contributed by atoms with Crippen molar-refractivity contribution in [1.82, 2.24) is 0 Å². The summed E-state index contributed by atoms with van der Waals surface area (Å²) in [5.74, 6) is 1.08. The van der Waals surface area contributed by atoms with Crippen LogP contribution >= 0.6 is 0 Å². The predicted octanol–water partition coefficient (Wildman–Crippen LogP) is 6.88. The van der Waals surface area contributed by atoms with Crippen LogP contribution in [0.1, 0.15) is 46.2 Å². The minimum absolute atomic E-state index is 0.334. The number of rotatable bonds is 3. The SMILES string of the molecule is Cc1ccc(C=Nc2ccc([C@@H]3Nc4ccc(C)cc4[C@H]4C=CC[C@H]43)cc2)cc1. The van der Waals surface area contributed by atoms with Gasteiger partial charge in [0.1, 0.15) is 0 Å². The first kappa shape index (κ1) is 17.9. The Morgan fingerprint density at radius 1 is 0.897 bits per heavy atom. The van der Waals surface area contributed by atoms with Crippen molar-refractivity contribution in [2.75, 3.05) is 5.32 Å². The summed E-state index contributed by atoms with van der Waals surface area (Å²) < 4.78 is 0. The summed E-state index contributed by atoms with van der Waals surface area (Å²) >= 11 is 0. The van der Waals surface area contributed by atoms with Crippen LogP contribution in [0, 0.1) is 19.8 Å².